The molecule has 1 nitrogen and oxygen atoms in total. The van der Waals surface area contributed by atoms with Crippen LogP contribution in [-0.4, -0.2) is 6.36 Å². The highest BCUT2D eigenvalue weighted by Gasteiger charge is 2.31. The summed E-state index contributed by atoms with van der Waals surface area (Å²) in [6, 6.07) is 1.59. The van der Waals surface area contributed by atoms with Gasteiger partial charge in [-0.05, 0) is 6.07 Å². The molecule has 0 saturated heterocycles. The molecule has 1 rings (SSSR count). The Kier molecular flexibility index (Phi) is 3.67. The average molecular weight is 263 g/mol. The molecule has 15 heavy (non-hydrogen) atoms. The number of rotatable bonds is 2. The maximum absolute atomic E-state index is 13.1. The summed E-state index contributed by atoms with van der Waals surface area (Å²) in [7, 11) is 0. The molecule has 0 amide bonds. The largest absolute Gasteiger partial charge is 0.573 e. The second-order valence-corrected chi connectivity index (χ2v) is 3.23. The van der Waals surface area contributed by atoms with E-state index in [0.29, 0.717) is 0 Å². The van der Waals surface area contributed by atoms with E-state index in [9.17, 15) is 17.6 Å². The van der Waals surface area contributed by atoms with Gasteiger partial charge in [0.05, 0.1) is 10.9 Å². The molecule has 1 aromatic rings. The third-order valence-corrected chi connectivity index (χ3v) is 2.02. The summed E-state index contributed by atoms with van der Waals surface area (Å²) in [5, 5.41) is -0.465. The number of benzene rings is 1. The van der Waals surface area contributed by atoms with Crippen molar-refractivity contribution in [3.8, 4) is 5.75 Å². The SMILES string of the molecule is Fc1c(Cl)cc(OC(F)(F)F)cc1CCl. The lowest BCUT2D eigenvalue weighted by molar-refractivity contribution is -0.274. The predicted octanol–water partition coefficient (Wildman–Crippen LogP) is 4.12. The Balaban J connectivity index is 3.06. The quantitative estimate of drug-likeness (QED) is 0.576. The number of ether oxygens (including phenoxy) is 1. The van der Waals surface area contributed by atoms with Gasteiger partial charge in [0.15, 0.2) is 0 Å². The fraction of sp³-hybridized carbons (Fsp3) is 0.250. The average Bonchev–Trinajstić information content (AvgIpc) is 2.08. The van der Waals surface area contributed by atoms with Crippen LogP contribution in [0.1, 0.15) is 5.56 Å². The minimum absolute atomic E-state index is 0.150. The van der Waals surface area contributed by atoms with E-state index in [1.807, 2.05) is 0 Å². The summed E-state index contributed by atoms with van der Waals surface area (Å²) >= 11 is 10.7. The Morgan fingerprint density at radius 2 is 1.87 bits per heavy atom. The molecule has 1 aromatic carbocycles. The van der Waals surface area contributed by atoms with E-state index >= 15 is 0 Å². The smallest absolute Gasteiger partial charge is 0.406 e. The van der Waals surface area contributed by atoms with Crippen molar-refractivity contribution in [1.29, 1.82) is 0 Å². The highest BCUT2D eigenvalue weighted by atomic mass is 35.5. The normalized spacial score (nSPS) is 11.6. The number of hydrogen-bond acceptors (Lipinski definition) is 1. The van der Waals surface area contributed by atoms with Gasteiger partial charge in [-0.1, -0.05) is 11.6 Å². The lowest BCUT2D eigenvalue weighted by atomic mass is 10.2. The molecule has 0 fully saturated rings. The lowest BCUT2D eigenvalue weighted by Gasteiger charge is -2.10. The van der Waals surface area contributed by atoms with Gasteiger partial charge in [0.2, 0.25) is 0 Å². The number of halogens is 6. The van der Waals surface area contributed by atoms with Crippen molar-refractivity contribution in [3.63, 3.8) is 0 Å². The summed E-state index contributed by atoms with van der Waals surface area (Å²) in [5.74, 6) is -1.73. The van der Waals surface area contributed by atoms with Crippen LogP contribution in [0.25, 0.3) is 0 Å². The van der Waals surface area contributed by atoms with Crippen LogP contribution in [0, 0.1) is 5.82 Å². The van der Waals surface area contributed by atoms with Crippen molar-refractivity contribution in [2.45, 2.75) is 12.2 Å². The van der Waals surface area contributed by atoms with Crippen LogP contribution in [-0.2, 0) is 5.88 Å². The fourth-order valence-corrected chi connectivity index (χ4v) is 1.33. The maximum Gasteiger partial charge on any atom is 0.573 e. The number of alkyl halides is 4. The molecule has 0 aliphatic heterocycles. The van der Waals surface area contributed by atoms with Crippen molar-refractivity contribution in [1.82, 2.24) is 0 Å². The Bertz CT molecular complexity index is 364. The van der Waals surface area contributed by atoms with Crippen LogP contribution in [0.15, 0.2) is 12.1 Å². The van der Waals surface area contributed by atoms with Crippen molar-refractivity contribution >= 4 is 23.2 Å². The summed E-state index contributed by atoms with van der Waals surface area (Å²) in [6.07, 6.45) is -4.84. The molecular weight excluding hydrogens is 259 g/mol. The molecule has 0 atom stereocenters. The van der Waals surface area contributed by atoms with E-state index in [1.165, 1.54) is 0 Å². The first kappa shape index (κ1) is 12.4. The molecule has 7 heteroatoms. The van der Waals surface area contributed by atoms with E-state index in [2.05, 4.69) is 4.74 Å². The van der Waals surface area contributed by atoms with Gasteiger partial charge < -0.3 is 4.74 Å². The summed E-state index contributed by atoms with van der Waals surface area (Å²) in [5.41, 5.74) is -0.150. The highest BCUT2D eigenvalue weighted by molar-refractivity contribution is 6.31. The highest BCUT2D eigenvalue weighted by Crippen LogP contribution is 2.30. The first-order chi connectivity index (χ1) is 6.83. The fourth-order valence-electron chi connectivity index (χ4n) is 0.908. The van der Waals surface area contributed by atoms with Crippen LogP contribution in [0.4, 0.5) is 17.6 Å². The Morgan fingerprint density at radius 3 is 2.33 bits per heavy atom. The molecule has 0 spiro atoms. The van der Waals surface area contributed by atoms with Gasteiger partial charge in [-0.3, -0.25) is 0 Å². The first-order valence-electron chi connectivity index (χ1n) is 3.63. The van der Waals surface area contributed by atoms with Gasteiger partial charge in [-0.2, -0.15) is 0 Å². The van der Waals surface area contributed by atoms with E-state index < -0.39 is 23.0 Å². The number of hydrogen-bond donors (Lipinski definition) is 0. The van der Waals surface area contributed by atoms with E-state index in [0.717, 1.165) is 12.1 Å². The maximum atomic E-state index is 13.1. The monoisotopic (exact) mass is 262 g/mol. The van der Waals surface area contributed by atoms with Crippen molar-refractivity contribution < 1.29 is 22.3 Å². The molecule has 0 bridgehead atoms. The lowest BCUT2D eigenvalue weighted by Crippen LogP contribution is -2.17. The van der Waals surface area contributed by atoms with Gasteiger partial charge in [0, 0.05) is 11.6 Å². The van der Waals surface area contributed by atoms with Crippen molar-refractivity contribution in [2.75, 3.05) is 0 Å². The topological polar surface area (TPSA) is 9.23 Å². The molecular formula is C8H4Cl2F4O. The van der Waals surface area contributed by atoms with Crippen molar-refractivity contribution in [3.05, 3.63) is 28.5 Å². The molecule has 0 unspecified atom stereocenters. The molecule has 0 aliphatic rings. The molecule has 0 radical (unpaired) electrons. The first-order valence-corrected chi connectivity index (χ1v) is 4.54. The van der Waals surface area contributed by atoms with Gasteiger partial charge in [0.1, 0.15) is 11.6 Å². The summed E-state index contributed by atoms with van der Waals surface area (Å²) < 4.78 is 52.1. The zero-order chi connectivity index (χ0) is 11.6. The van der Waals surface area contributed by atoms with Crippen LogP contribution in [0.2, 0.25) is 5.02 Å². The Hall–Kier alpha value is -0.680. The van der Waals surface area contributed by atoms with E-state index in [-0.39, 0.29) is 11.4 Å². The van der Waals surface area contributed by atoms with Gasteiger partial charge in [-0.25, -0.2) is 4.39 Å². The van der Waals surface area contributed by atoms with E-state index in [4.69, 9.17) is 23.2 Å². The van der Waals surface area contributed by atoms with Crippen LogP contribution in [0.5, 0.6) is 5.75 Å². The minimum Gasteiger partial charge on any atom is -0.406 e. The van der Waals surface area contributed by atoms with Gasteiger partial charge >= 0.3 is 6.36 Å². The van der Waals surface area contributed by atoms with Crippen LogP contribution < -0.4 is 4.74 Å². The predicted molar refractivity (Wildman–Crippen MR) is 47.7 cm³/mol. The third-order valence-electron chi connectivity index (χ3n) is 1.45. The summed E-state index contributed by atoms with van der Waals surface area (Å²) in [4.78, 5) is 0. The zero-order valence-electron chi connectivity index (χ0n) is 7.04. The second-order valence-electron chi connectivity index (χ2n) is 2.56. The van der Waals surface area contributed by atoms with Gasteiger partial charge in [0.25, 0.3) is 0 Å². The third kappa shape index (κ3) is 3.43. The standard InChI is InChI=1S/C8H4Cl2F4O/c9-3-4-1-5(15-8(12,13)14)2-6(10)7(4)11/h1-2H,3H2. The van der Waals surface area contributed by atoms with Crippen LogP contribution in [0.3, 0.4) is 0 Å². The molecule has 84 valence electrons. The summed E-state index contributed by atoms with van der Waals surface area (Å²) in [6.45, 7) is 0. The Morgan fingerprint density at radius 1 is 1.27 bits per heavy atom. The molecule has 0 heterocycles. The molecule has 0 saturated carbocycles. The Labute approximate surface area is 92.5 Å². The van der Waals surface area contributed by atoms with Crippen LogP contribution >= 0.6 is 23.2 Å². The molecule has 0 aliphatic carbocycles. The second kappa shape index (κ2) is 4.45. The zero-order valence-corrected chi connectivity index (χ0v) is 8.55. The van der Waals surface area contributed by atoms with Gasteiger partial charge in [-0.15, -0.1) is 24.8 Å². The molecule has 0 aromatic heterocycles. The molecule has 0 N–H and O–H groups in total. The van der Waals surface area contributed by atoms with E-state index in [1.54, 1.807) is 0 Å². The van der Waals surface area contributed by atoms with Crippen molar-refractivity contribution in [2.24, 2.45) is 0 Å². The minimum atomic E-state index is -4.84.